The van der Waals surface area contributed by atoms with Crippen molar-refractivity contribution in [2.24, 2.45) is 0 Å². The Morgan fingerprint density at radius 2 is 1.80 bits per heavy atom. The van der Waals surface area contributed by atoms with Crippen LogP contribution in [-0.4, -0.2) is 6.26 Å². The van der Waals surface area contributed by atoms with Gasteiger partial charge in [-0.1, -0.05) is 43.0 Å². The van der Waals surface area contributed by atoms with Crippen LogP contribution >= 0.6 is 11.8 Å². The number of fused-ring (bicyclic) bond motifs is 1. The molecule has 0 aliphatic rings. The molecule has 0 aromatic heterocycles. The molecule has 0 saturated heterocycles. The molecule has 0 radical (unpaired) electrons. The van der Waals surface area contributed by atoms with E-state index in [-0.39, 0.29) is 0 Å². The SMILES string of the molecule is C=C(SC)c1cccc2cccc(C)c12. The van der Waals surface area contributed by atoms with Crippen LogP contribution in [-0.2, 0) is 0 Å². The van der Waals surface area contributed by atoms with Gasteiger partial charge in [0.05, 0.1) is 0 Å². The molecule has 0 amide bonds. The van der Waals surface area contributed by atoms with Gasteiger partial charge in [0.1, 0.15) is 0 Å². The molecule has 1 heteroatoms. The van der Waals surface area contributed by atoms with E-state index in [1.165, 1.54) is 21.9 Å². The van der Waals surface area contributed by atoms with Crippen LogP contribution < -0.4 is 0 Å². The molecule has 0 fully saturated rings. The van der Waals surface area contributed by atoms with E-state index in [9.17, 15) is 0 Å². The molecule has 0 heterocycles. The highest BCUT2D eigenvalue weighted by atomic mass is 32.2. The van der Waals surface area contributed by atoms with Crippen LogP contribution in [0.4, 0.5) is 0 Å². The summed E-state index contributed by atoms with van der Waals surface area (Å²) in [5, 5.41) is 2.63. The van der Waals surface area contributed by atoms with E-state index in [0.717, 1.165) is 4.91 Å². The molecule has 0 spiro atoms. The maximum Gasteiger partial charge on any atom is 0.00760 e. The zero-order valence-corrected chi connectivity index (χ0v) is 9.90. The van der Waals surface area contributed by atoms with Gasteiger partial charge in [-0.3, -0.25) is 0 Å². The summed E-state index contributed by atoms with van der Waals surface area (Å²) >= 11 is 1.71. The Morgan fingerprint density at radius 1 is 1.13 bits per heavy atom. The Labute approximate surface area is 95.0 Å². The van der Waals surface area contributed by atoms with Gasteiger partial charge in [-0.15, -0.1) is 11.8 Å². The smallest absolute Gasteiger partial charge is 0.00760 e. The first-order valence-electron chi connectivity index (χ1n) is 4.95. The predicted octanol–water partition coefficient (Wildman–Crippen LogP) is 4.48. The standard InChI is InChI=1S/C14H14S/c1-10-6-4-7-12-8-5-9-13(14(10)12)11(2)15-3/h4-9H,2H2,1,3H3. The number of rotatable bonds is 2. The zero-order chi connectivity index (χ0) is 10.8. The summed E-state index contributed by atoms with van der Waals surface area (Å²) < 4.78 is 0. The van der Waals surface area contributed by atoms with Crippen molar-refractivity contribution in [2.75, 3.05) is 6.26 Å². The van der Waals surface area contributed by atoms with Crippen LogP contribution in [0, 0.1) is 6.92 Å². The van der Waals surface area contributed by atoms with Gasteiger partial charge >= 0.3 is 0 Å². The first kappa shape index (κ1) is 10.3. The van der Waals surface area contributed by atoms with E-state index < -0.39 is 0 Å². The second-order valence-corrected chi connectivity index (χ2v) is 4.51. The molecule has 0 unspecified atom stereocenters. The Kier molecular flexibility index (Phi) is 2.83. The number of hydrogen-bond donors (Lipinski definition) is 0. The minimum Gasteiger partial charge on any atom is -0.130 e. The minimum atomic E-state index is 1.13. The number of benzene rings is 2. The van der Waals surface area contributed by atoms with Crippen LogP contribution in [0.15, 0.2) is 43.0 Å². The third kappa shape index (κ3) is 1.80. The van der Waals surface area contributed by atoms with Crippen molar-refractivity contribution in [1.29, 1.82) is 0 Å². The molecule has 2 rings (SSSR count). The van der Waals surface area contributed by atoms with E-state index in [2.05, 4.69) is 56.2 Å². The molecular weight excluding hydrogens is 200 g/mol. The van der Waals surface area contributed by atoms with Crippen molar-refractivity contribution in [3.8, 4) is 0 Å². The first-order chi connectivity index (χ1) is 7.24. The molecule has 0 aliphatic carbocycles. The third-order valence-electron chi connectivity index (χ3n) is 2.66. The lowest BCUT2D eigenvalue weighted by Gasteiger charge is -2.09. The van der Waals surface area contributed by atoms with Gasteiger partial charge < -0.3 is 0 Å². The van der Waals surface area contributed by atoms with Crippen molar-refractivity contribution in [2.45, 2.75) is 6.92 Å². The summed E-state index contributed by atoms with van der Waals surface area (Å²) in [7, 11) is 0. The Morgan fingerprint density at radius 3 is 2.47 bits per heavy atom. The minimum absolute atomic E-state index is 1.13. The lowest BCUT2D eigenvalue weighted by atomic mass is 10.00. The lowest BCUT2D eigenvalue weighted by molar-refractivity contribution is 1.52. The highest BCUT2D eigenvalue weighted by Crippen LogP contribution is 2.31. The number of thioether (sulfide) groups is 1. The van der Waals surface area contributed by atoms with E-state index in [1.807, 2.05) is 0 Å². The Bertz CT molecular complexity index is 506. The summed E-state index contributed by atoms with van der Waals surface area (Å²) in [6.45, 7) is 6.25. The maximum absolute atomic E-state index is 4.10. The van der Waals surface area contributed by atoms with E-state index >= 15 is 0 Å². The van der Waals surface area contributed by atoms with Crippen molar-refractivity contribution < 1.29 is 0 Å². The fraction of sp³-hybridized carbons (Fsp3) is 0.143. The average molecular weight is 214 g/mol. The van der Waals surface area contributed by atoms with Crippen LogP contribution in [0.5, 0.6) is 0 Å². The van der Waals surface area contributed by atoms with Crippen LogP contribution in [0.3, 0.4) is 0 Å². The summed E-state index contributed by atoms with van der Waals surface area (Å²) in [5.74, 6) is 0. The maximum atomic E-state index is 4.10. The van der Waals surface area contributed by atoms with Gasteiger partial charge in [-0.05, 0) is 35.1 Å². The van der Waals surface area contributed by atoms with Gasteiger partial charge in [-0.2, -0.15) is 0 Å². The van der Waals surface area contributed by atoms with Gasteiger partial charge in [-0.25, -0.2) is 0 Å². The normalized spacial score (nSPS) is 10.5. The molecule has 0 nitrogen and oxygen atoms in total. The molecule has 2 aromatic rings. The lowest BCUT2D eigenvalue weighted by Crippen LogP contribution is -1.85. The molecule has 0 bridgehead atoms. The molecule has 2 aromatic carbocycles. The van der Waals surface area contributed by atoms with Gasteiger partial charge in [0.25, 0.3) is 0 Å². The molecule has 15 heavy (non-hydrogen) atoms. The fourth-order valence-corrected chi connectivity index (χ4v) is 2.26. The molecule has 0 saturated carbocycles. The van der Waals surface area contributed by atoms with E-state index in [1.54, 1.807) is 11.8 Å². The van der Waals surface area contributed by atoms with Crippen LogP contribution in [0.1, 0.15) is 11.1 Å². The van der Waals surface area contributed by atoms with Crippen molar-refractivity contribution >= 4 is 27.4 Å². The van der Waals surface area contributed by atoms with Crippen molar-refractivity contribution in [3.05, 3.63) is 54.1 Å². The van der Waals surface area contributed by atoms with Crippen molar-refractivity contribution in [3.63, 3.8) is 0 Å². The second kappa shape index (κ2) is 4.11. The highest BCUT2D eigenvalue weighted by molar-refractivity contribution is 8.07. The van der Waals surface area contributed by atoms with Crippen LogP contribution in [0.25, 0.3) is 15.7 Å². The van der Waals surface area contributed by atoms with E-state index in [0.29, 0.717) is 0 Å². The molecular formula is C14H14S. The second-order valence-electron chi connectivity index (χ2n) is 3.61. The summed E-state index contributed by atoms with van der Waals surface area (Å²) in [6.07, 6.45) is 2.07. The van der Waals surface area contributed by atoms with Crippen molar-refractivity contribution in [1.82, 2.24) is 0 Å². The van der Waals surface area contributed by atoms with Gasteiger partial charge in [0, 0.05) is 4.91 Å². The van der Waals surface area contributed by atoms with Crippen LogP contribution in [0.2, 0.25) is 0 Å². The number of aryl methyl sites for hydroxylation is 1. The summed E-state index contributed by atoms with van der Waals surface area (Å²) in [6, 6.07) is 12.8. The fourth-order valence-electron chi connectivity index (χ4n) is 1.87. The van der Waals surface area contributed by atoms with E-state index in [4.69, 9.17) is 0 Å². The number of hydrogen-bond acceptors (Lipinski definition) is 1. The molecule has 76 valence electrons. The first-order valence-corrected chi connectivity index (χ1v) is 6.18. The molecule has 0 N–H and O–H groups in total. The largest absolute Gasteiger partial charge is 0.130 e. The quantitative estimate of drug-likeness (QED) is 0.710. The third-order valence-corrected chi connectivity index (χ3v) is 3.37. The van der Waals surface area contributed by atoms with Gasteiger partial charge in [0.2, 0.25) is 0 Å². The van der Waals surface area contributed by atoms with Gasteiger partial charge in [0.15, 0.2) is 0 Å². The zero-order valence-electron chi connectivity index (χ0n) is 9.08. The summed E-state index contributed by atoms with van der Waals surface area (Å²) in [5.41, 5.74) is 2.58. The Hall–Kier alpha value is -1.21. The molecule has 0 aliphatic heterocycles. The Balaban J connectivity index is 2.80. The monoisotopic (exact) mass is 214 g/mol. The predicted molar refractivity (Wildman–Crippen MR) is 71.2 cm³/mol. The molecule has 0 atom stereocenters. The average Bonchev–Trinajstić information content (AvgIpc) is 2.28. The topological polar surface area (TPSA) is 0 Å². The summed E-state index contributed by atoms with van der Waals surface area (Å²) in [4.78, 5) is 1.13. The highest BCUT2D eigenvalue weighted by Gasteiger charge is 2.05.